The molecule has 0 spiro atoms. The molecule has 90 valence electrons. The molecule has 1 fully saturated rings. The summed E-state index contributed by atoms with van der Waals surface area (Å²) in [5, 5.41) is 0. The lowest BCUT2D eigenvalue weighted by molar-refractivity contribution is 0.293. The highest BCUT2D eigenvalue weighted by Gasteiger charge is 2.20. The lowest BCUT2D eigenvalue weighted by Gasteiger charge is -2.22. The summed E-state index contributed by atoms with van der Waals surface area (Å²) in [7, 11) is 0. The second-order valence-electron chi connectivity index (χ2n) is 5.79. The minimum atomic E-state index is 0.947. The fourth-order valence-electron chi connectivity index (χ4n) is 3.19. The average Bonchev–Trinajstić information content (AvgIpc) is 2.70. The Morgan fingerprint density at radius 3 is 2.33 bits per heavy atom. The van der Waals surface area contributed by atoms with Crippen LogP contribution in [0.5, 0.6) is 0 Å². The van der Waals surface area contributed by atoms with E-state index < -0.39 is 0 Å². The van der Waals surface area contributed by atoms with Crippen molar-refractivity contribution >= 4 is 0 Å². The molecule has 0 nitrogen and oxygen atoms in total. The van der Waals surface area contributed by atoms with Gasteiger partial charge in [0.1, 0.15) is 0 Å². The first-order chi connectivity index (χ1) is 7.26. The largest absolute Gasteiger partial charge is 0.0654 e. The van der Waals surface area contributed by atoms with Crippen molar-refractivity contribution in [2.24, 2.45) is 17.8 Å². The summed E-state index contributed by atoms with van der Waals surface area (Å²) in [5.41, 5.74) is 0. The van der Waals surface area contributed by atoms with Crippen LogP contribution in [0.2, 0.25) is 0 Å². The lowest BCUT2D eigenvalue weighted by Crippen LogP contribution is -2.10. The molecule has 0 aromatic rings. The van der Waals surface area contributed by atoms with Gasteiger partial charge < -0.3 is 0 Å². The van der Waals surface area contributed by atoms with E-state index in [2.05, 4.69) is 20.8 Å². The molecule has 1 rings (SSSR count). The van der Waals surface area contributed by atoms with Gasteiger partial charge in [0, 0.05) is 0 Å². The molecule has 0 aromatic heterocycles. The highest BCUT2D eigenvalue weighted by Crippen LogP contribution is 2.34. The van der Waals surface area contributed by atoms with Crippen LogP contribution in [0, 0.1) is 17.8 Å². The zero-order valence-corrected chi connectivity index (χ0v) is 11.1. The summed E-state index contributed by atoms with van der Waals surface area (Å²) in [4.78, 5) is 0. The maximum absolute atomic E-state index is 2.43. The molecule has 15 heavy (non-hydrogen) atoms. The van der Waals surface area contributed by atoms with E-state index in [1.165, 1.54) is 57.8 Å². The van der Waals surface area contributed by atoms with Crippen LogP contribution < -0.4 is 0 Å². The van der Waals surface area contributed by atoms with E-state index in [-0.39, 0.29) is 0 Å². The maximum Gasteiger partial charge on any atom is -0.0409 e. The maximum atomic E-state index is 2.43. The zero-order chi connectivity index (χ0) is 11.1. The van der Waals surface area contributed by atoms with Gasteiger partial charge in [-0.3, -0.25) is 0 Å². The Hall–Kier alpha value is 0. The molecular weight excluding hydrogens is 180 g/mol. The van der Waals surface area contributed by atoms with Crippen molar-refractivity contribution in [3.05, 3.63) is 0 Å². The second-order valence-corrected chi connectivity index (χ2v) is 5.79. The number of hydrogen-bond acceptors (Lipinski definition) is 0. The van der Waals surface area contributed by atoms with E-state index in [0.29, 0.717) is 0 Å². The summed E-state index contributed by atoms with van der Waals surface area (Å²) in [6.07, 6.45) is 13.3. The first-order valence-corrected chi connectivity index (χ1v) is 7.26. The molecule has 0 heterocycles. The molecule has 0 aliphatic heterocycles. The predicted molar refractivity (Wildman–Crippen MR) is 69.0 cm³/mol. The van der Waals surface area contributed by atoms with E-state index >= 15 is 0 Å². The van der Waals surface area contributed by atoms with Crippen LogP contribution in [0.25, 0.3) is 0 Å². The average molecular weight is 210 g/mol. The van der Waals surface area contributed by atoms with Crippen LogP contribution in [0.3, 0.4) is 0 Å². The first-order valence-electron chi connectivity index (χ1n) is 7.26. The van der Waals surface area contributed by atoms with E-state index in [1.807, 2.05) is 0 Å². The lowest BCUT2D eigenvalue weighted by atomic mass is 9.83. The highest BCUT2D eigenvalue weighted by molar-refractivity contribution is 4.73. The van der Waals surface area contributed by atoms with E-state index in [9.17, 15) is 0 Å². The second kappa shape index (κ2) is 7.30. The van der Waals surface area contributed by atoms with Crippen LogP contribution in [-0.4, -0.2) is 0 Å². The van der Waals surface area contributed by atoms with Gasteiger partial charge in [0.05, 0.1) is 0 Å². The molecular formula is C15H30. The van der Waals surface area contributed by atoms with Crippen molar-refractivity contribution in [1.82, 2.24) is 0 Å². The molecule has 0 radical (unpaired) electrons. The Kier molecular flexibility index (Phi) is 6.36. The van der Waals surface area contributed by atoms with Crippen LogP contribution in [0.1, 0.15) is 78.6 Å². The quantitative estimate of drug-likeness (QED) is 0.526. The normalized spacial score (nSPS) is 21.8. The third-order valence-electron chi connectivity index (χ3n) is 4.27. The number of hydrogen-bond donors (Lipinski definition) is 0. The molecule has 0 amide bonds. The molecule has 1 aliphatic carbocycles. The van der Waals surface area contributed by atoms with Crippen LogP contribution >= 0.6 is 0 Å². The standard InChI is InChI=1S/C15H30/c1-4-8-15(11-13(3)5-2)12-14-9-6-7-10-14/h13-15H,4-12H2,1-3H3. The smallest absolute Gasteiger partial charge is 0.0409 e. The molecule has 0 aromatic carbocycles. The van der Waals surface area contributed by atoms with Gasteiger partial charge >= 0.3 is 0 Å². The molecule has 2 atom stereocenters. The third kappa shape index (κ3) is 5.04. The van der Waals surface area contributed by atoms with Gasteiger partial charge in [-0.25, -0.2) is 0 Å². The van der Waals surface area contributed by atoms with Gasteiger partial charge in [0.2, 0.25) is 0 Å². The SMILES string of the molecule is CCCC(CC(C)CC)CC1CCCC1. The van der Waals surface area contributed by atoms with Gasteiger partial charge in [0.15, 0.2) is 0 Å². The van der Waals surface area contributed by atoms with Crippen molar-refractivity contribution in [3.63, 3.8) is 0 Å². The molecule has 1 saturated carbocycles. The van der Waals surface area contributed by atoms with Crippen LogP contribution in [0.4, 0.5) is 0 Å². The van der Waals surface area contributed by atoms with E-state index in [1.54, 1.807) is 0 Å². The van der Waals surface area contributed by atoms with E-state index in [4.69, 9.17) is 0 Å². The summed E-state index contributed by atoms with van der Waals surface area (Å²) < 4.78 is 0. The van der Waals surface area contributed by atoms with Crippen molar-refractivity contribution in [3.8, 4) is 0 Å². The Labute approximate surface area is 96.8 Å². The Bertz CT molecular complexity index is 144. The van der Waals surface area contributed by atoms with Gasteiger partial charge in [-0.1, -0.05) is 65.7 Å². The van der Waals surface area contributed by atoms with Crippen molar-refractivity contribution in [2.45, 2.75) is 78.6 Å². The molecule has 0 saturated heterocycles. The summed E-state index contributed by atoms with van der Waals surface area (Å²) in [5.74, 6) is 3.07. The zero-order valence-electron chi connectivity index (χ0n) is 11.1. The third-order valence-corrected chi connectivity index (χ3v) is 4.27. The van der Waals surface area contributed by atoms with Crippen molar-refractivity contribution in [1.29, 1.82) is 0 Å². The monoisotopic (exact) mass is 210 g/mol. The van der Waals surface area contributed by atoms with Gasteiger partial charge in [-0.05, 0) is 30.6 Å². The fourth-order valence-corrected chi connectivity index (χ4v) is 3.19. The predicted octanol–water partition coefficient (Wildman–Crippen LogP) is 5.42. The summed E-state index contributed by atoms with van der Waals surface area (Å²) in [6, 6.07) is 0. The minimum absolute atomic E-state index is 0.947. The van der Waals surface area contributed by atoms with Crippen LogP contribution in [-0.2, 0) is 0 Å². The van der Waals surface area contributed by atoms with Gasteiger partial charge in [0.25, 0.3) is 0 Å². The number of rotatable bonds is 7. The Morgan fingerprint density at radius 2 is 1.80 bits per heavy atom. The first kappa shape index (κ1) is 13.1. The molecule has 0 bridgehead atoms. The topological polar surface area (TPSA) is 0 Å². The molecule has 1 aliphatic rings. The molecule has 0 N–H and O–H groups in total. The minimum Gasteiger partial charge on any atom is -0.0654 e. The molecule has 2 unspecified atom stereocenters. The van der Waals surface area contributed by atoms with Crippen molar-refractivity contribution in [2.75, 3.05) is 0 Å². The Balaban J connectivity index is 2.28. The summed E-state index contributed by atoms with van der Waals surface area (Å²) in [6.45, 7) is 7.11. The fraction of sp³-hybridized carbons (Fsp3) is 1.00. The van der Waals surface area contributed by atoms with E-state index in [0.717, 1.165) is 17.8 Å². The van der Waals surface area contributed by atoms with Crippen LogP contribution in [0.15, 0.2) is 0 Å². The van der Waals surface area contributed by atoms with Gasteiger partial charge in [-0.2, -0.15) is 0 Å². The summed E-state index contributed by atoms with van der Waals surface area (Å²) >= 11 is 0. The van der Waals surface area contributed by atoms with Gasteiger partial charge in [-0.15, -0.1) is 0 Å². The molecule has 0 heteroatoms. The van der Waals surface area contributed by atoms with Crippen molar-refractivity contribution < 1.29 is 0 Å². The Morgan fingerprint density at radius 1 is 1.13 bits per heavy atom. The highest BCUT2D eigenvalue weighted by atomic mass is 14.3.